The Kier molecular flexibility index (Phi) is 7.43. The number of rotatable bonds is 6. The van der Waals surface area contributed by atoms with Gasteiger partial charge < -0.3 is 4.57 Å². The van der Waals surface area contributed by atoms with E-state index < -0.39 is 0 Å². The highest BCUT2D eigenvalue weighted by atomic mass is 15.0. The third-order valence-corrected chi connectivity index (χ3v) is 10.0. The lowest BCUT2D eigenvalue weighted by Gasteiger charge is -2.17. The molecule has 0 saturated carbocycles. The molecule has 2 aromatic heterocycles. The first-order chi connectivity index (χ1) is 26.3. The summed E-state index contributed by atoms with van der Waals surface area (Å²) in [7, 11) is 0. The third-order valence-electron chi connectivity index (χ3n) is 10.0. The highest BCUT2D eigenvalue weighted by molar-refractivity contribution is 6.14. The third kappa shape index (κ3) is 5.54. The summed E-state index contributed by atoms with van der Waals surface area (Å²) in [6.07, 6.45) is 0. The summed E-state index contributed by atoms with van der Waals surface area (Å²) < 4.78 is 2.42. The van der Waals surface area contributed by atoms with Crippen LogP contribution < -0.4 is 0 Å². The highest BCUT2D eigenvalue weighted by Crippen LogP contribution is 2.40. The van der Waals surface area contributed by atoms with E-state index in [0.717, 1.165) is 44.5 Å². The predicted octanol–water partition coefficient (Wildman–Crippen LogP) is 12.5. The Hall–Kier alpha value is -7.17. The van der Waals surface area contributed by atoms with Crippen LogP contribution in [-0.4, -0.2) is 19.5 Å². The van der Waals surface area contributed by atoms with Gasteiger partial charge in [-0.3, -0.25) is 0 Å². The Morgan fingerprint density at radius 2 is 0.774 bits per heavy atom. The van der Waals surface area contributed by atoms with Crippen molar-refractivity contribution in [3.05, 3.63) is 194 Å². The number of aromatic nitrogens is 4. The van der Waals surface area contributed by atoms with Crippen LogP contribution in [0.15, 0.2) is 194 Å². The molecule has 8 aromatic carbocycles. The molecule has 10 rings (SSSR count). The predicted molar refractivity (Wildman–Crippen MR) is 219 cm³/mol. The van der Waals surface area contributed by atoms with Gasteiger partial charge in [0.1, 0.15) is 0 Å². The molecule has 0 N–H and O–H groups in total. The van der Waals surface area contributed by atoms with Gasteiger partial charge >= 0.3 is 0 Å². The average Bonchev–Trinajstić information content (AvgIpc) is 3.56. The minimum Gasteiger partial charge on any atom is -0.309 e. The Morgan fingerprint density at radius 3 is 1.42 bits per heavy atom. The van der Waals surface area contributed by atoms with Gasteiger partial charge in [0.05, 0.1) is 16.7 Å². The van der Waals surface area contributed by atoms with E-state index in [1.54, 1.807) is 0 Å². The van der Waals surface area contributed by atoms with Crippen LogP contribution >= 0.6 is 0 Å². The summed E-state index contributed by atoms with van der Waals surface area (Å²) >= 11 is 0. The van der Waals surface area contributed by atoms with E-state index in [1.165, 1.54) is 32.7 Å². The fourth-order valence-electron chi connectivity index (χ4n) is 7.43. The van der Waals surface area contributed by atoms with Crippen molar-refractivity contribution in [3.63, 3.8) is 0 Å². The lowest BCUT2D eigenvalue weighted by Crippen LogP contribution is -2.02. The zero-order chi connectivity index (χ0) is 35.1. The molecular formula is C49H32N4. The Bertz CT molecular complexity index is 2860. The second-order valence-electron chi connectivity index (χ2n) is 13.3. The number of hydrogen-bond donors (Lipinski definition) is 0. The van der Waals surface area contributed by atoms with Gasteiger partial charge in [-0.05, 0) is 63.9 Å². The summed E-state index contributed by atoms with van der Waals surface area (Å²) in [5.74, 6) is 1.91. The van der Waals surface area contributed by atoms with Crippen LogP contribution in [0.3, 0.4) is 0 Å². The van der Waals surface area contributed by atoms with E-state index in [9.17, 15) is 0 Å². The number of nitrogens with zero attached hydrogens (tertiary/aromatic N) is 4. The monoisotopic (exact) mass is 676 g/mol. The SMILES string of the molecule is c1ccc(-c2ccc(-c3cc(-c4nc(-c5ccccc5)nc(-c5ccccc5)n4)ccc3-n3c4ccccc4c4cc5ccccc5cc43)cc2)cc1. The quantitative estimate of drug-likeness (QED) is 0.176. The first-order valence-corrected chi connectivity index (χ1v) is 17.9. The fourth-order valence-corrected chi connectivity index (χ4v) is 7.43. The second-order valence-corrected chi connectivity index (χ2v) is 13.3. The topological polar surface area (TPSA) is 43.6 Å². The summed E-state index contributed by atoms with van der Waals surface area (Å²) in [6.45, 7) is 0. The molecular weight excluding hydrogens is 645 g/mol. The minimum atomic E-state index is 0.625. The molecule has 0 aliphatic heterocycles. The molecule has 4 heteroatoms. The van der Waals surface area contributed by atoms with Gasteiger partial charge in [-0.15, -0.1) is 0 Å². The normalized spacial score (nSPS) is 11.4. The molecule has 4 nitrogen and oxygen atoms in total. The zero-order valence-corrected chi connectivity index (χ0v) is 28.8. The fraction of sp³-hybridized carbons (Fsp3) is 0. The van der Waals surface area contributed by atoms with Gasteiger partial charge in [0, 0.05) is 33.0 Å². The van der Waals surface area contributed by atoms with Crippen LogP contribution in [0, 0.1) is 0 Å². The van der Waals surface area contributed by atoms with Crippen LogP contribution in [0.1, 0.15) is 0 Å². The lowest BCUT2D eigenvalue weighted by molar-refractivity contribution is 1.07. The summed E-state index contributed by atoms with van der Waals surface area (Å²) in [5, 5.41) is 4.89. The molecule has 2 heterocycles. The molecule has 0 aliphatic carbocycles. The van der Waals surface area contributed by atoms with Crippen molar-refractivity contribution in [1.82, 2.24) is 19.5 Å². The second kappa shape index (κ2) is 12.9. The lowest BCUT2D eigenvalue weighted by atomic mass is 9.97. The molecule has 248 valence electrons. The smallest absolute Gasteiger partial charge is 0.164 e. The molecule has 0 radical (unpaired) electrons. The standard InChI is InChI=1S/C49H32N4/c1-4-14-33(15-5-1)34-24-26-35(27-25-34)42-31-40(49-51-47(36-16-6-2-7-17-36)50-48(52-49)37-18-8-3-9-19-37)28-29-45(42)53-44-23-13-12-22-41(44)43-30-38-20-10-11-21-39(38)32-46(43)53/h1-32H. The minimum absolute atomic E-state index is 0.625. The zero-order valence-electron chi connectivity index (χ0n) is 28.8. The molecule has 10 aromatic rings. The van der Waals surface area contributed by atoms with E-state index in [-0.39, 0.29) is 0 Å². The van der Waals surface area contributed by atoms with E-state index >= 15 is 0 Å². The highest BCUT2D eigenvalue weighted by Gasteiger charge is 2.19. The summed E-state index contributed by atoms with van der Waals surface area (Å²) in [6, 6.07) is 68.2. The van der Waals surface area contributed by atoms with Gasteiger partial charge in [-0.25, -0.2) is 15.0 Å². The van der Waals surface area contributed by atoms with Gasteiger partial charge in [-0.1, -0.05) is 158 Å². The molecule has 53 heavy (non-hydrogen) atoms. The Labute approximate surface area is 307 Å². The van der Waals surface area contributed by atoms with Crippen molar-refractivity contribution >= 4 is 32.6 Å². The maximum atomic E-state index is 5.09. The summed E-state index contributed by atoms with van der Waals surface area (Å²) in [4.78, 5) is 15.1. The van der Waals surface area contributed by atoms with Crippen molar-refractivity contribution in [2.24, 2.45) is 0 Å². The number of benzene rings is 8. The molecule has 0 atom stereocenters. The average molecular weight is 677 g/mol. The largest absolute Gasteiger partial charge is 0.309 e. The van der Waals surface area contributed by atoms with Crippen molar-refractivity contribution < 1.29 is 0 Å². The maximum Gasteiger partial charge on any atom is 0.164 e. The molecule has 0 aliphatic rings. The first kappa shape index (κ1) is 30.6. The van der Waals surface area contributed by atoms with E-state index in [0.29, 0.717) is 17.5 Å². The number of para-hydroxylation sites is 1. The van der Waals surface area contributed by atoms with Gasteiger partial charge in [0.25, 0.3) is 0 Å². The van der Waals surface area contributed by atoms with Crippen LogP contribution in [0.5, 0.6) is 0 Å². The van der Waals surface area contributed by atoms with E-state index in [1.807, 2.05) is 60.7 Å². The molecule has 0 amide bonds. The van der Waals surface area contributed by atoms with Gasteiger partial charge in [-0.2, -0.15) is 0 Å². The molecule has 0 saturated heterocycles. The van der Waals surface area contributed by atoms with Crippen LogP contribution in [-0.2, 0) is 0 Å². The molecule has 0 unspecified atom stereocenters. The van der Waals surface area contributed by atoms with Crippen molar-refractivity contribution in [2.75, 3.05) is 0 Å². The van der Waals surface area contributed by atoms with Crippen LogP contribution in [0.2, 0.25) is 0 Å². The molecule has 0 spiro atoms. The van der Waals surface area contributed by atoms with E-state index in [2.05, 4.69) is 138 Å². The number of fused-ring (bicyclic) bond motifs is 4. The maximum absolute atomic E-state index is 5.09. The molecule has 0 fully saturated rings. The van der Waals surface area contributed by atoms with Crippen LogP contribution in [0.25, 0.3) is 94.7 Å². The first-order valence-electron chi connectivity index (χ1n) is 17.9. The van der Waals surface area contributed by atoms with Crippen LogP contribution in [0.4, 0.5) is 0 Å². The number of hydrogen-bond acceptors (Lipinski definition) is 3. The summed E-state index contributed by atoms with van der Waals surface area (Å²) in [5.41, 5.74) is 10.8. The van der Waals surface area contributed by atoms with Crippen molar-refractivity contribution in [1.29, 1.82) is 0 Å². The van der Waals surface area contributed by atoms with E-state index in [4.69, 9.17) is 15.0 Å². The molecule has 0 bridgehead atoms. The Balaban J connectivity index is 1.22. The van der Waals surface area contributed by atoms with Gasteiger partial charge in [0.15, 0.2) is 17.5 Å². The van der Waals surface area contributed by atoms with Crippen molar-refractivity contribution in [2.45, 2.75) is 0 Å². The van der Waals surface area contributed by atoms with Gasteiger partial charge in [0.2, 0.25) is 0 Å². The Morgan fingerprint density at radius 1 is 0.302 bits per heavy atom. The van der Waals surface area contributed by atoms with Crippen molar-refractivity contribution in [3.8, 4) is 62.1 Å².